The molecule has 0 unspecified atom stereocenters. The van der Waals surface area contributed by atoms with Gasteiger partial charge in [-0.3, -0.25) is 14.2 Å². The molecule has 208 valence electrons. The highest BCUT2D eigenvalue weighted by atomic mass is 16.6. The molecule has 2 aromatic heterocycles. The van der Waals surface area contributed by atoms with Crippen molar-refractivity contribution in [3.8, 4) is 11.1 Å². The van der Waals surface area contributed by atoms with E-state index in [4.69, 9.17) is 4.74 Å². The maximum Gasteiger partial charge on any atom is 0.220 e. The van der Waals surface area contributed by atoms with Crippen LogP contribution in [0.4, 0.5) is 5.82 Å². The van der Waals surface area contributed by atoms with Crippen molar-refractivity contribution in [3.05, 3.63) is 72.8 Å². The number of anilines is 1. The van der Waals surface area contributed by atoms with E-state index in [-0.39, 0.29) is 24.5 Å². The lowest BCUT2D eigenvalue weighted by Gasteiger charge is -2.16. The summed E-state index contributed by atoms with van der Waals surface area (Å²) in [4.78, 5) is 37.5. The molecule has 2 aromatic carbocycles. The van der Waals surface area contributed by atoms with Crippen LogP contribution < -0.4 is 10.6 Å². The summed E-state index contributed by atoms with van der Waals surface area (Å²) in [5.41, 5.74) is 3.44. The smallest absolute Gasteiger partial charge is 0.220 e. The molecule has 4 atom stereocenters. The Bertz CT molecular complexity index is 1460. The highest BCUT2D eigenvalue weighted by Crippen LogP contribution is 2.32. The van der Waals surface area contributed by atoms with Gasteiger partial charge in [-0.25, -0.2) is 15.0 Å². The number of hydrogen-bond acceptors (Lipinski definition) is 10. The van der Waals surface area contributed by atoms with Crippen molar-refractivity contribution in [3.63, 3.8) is 0 Å². The molecule has 1 fully saturated rings. The lowest BCUT2D eigenvalue weighted by Crippen LogP contribution is -2.33. The molecular weight excluding hydrogens is 516 g/mol. The number of carbonyl (C=O) groups excluding carboxylic acids is 2. The first-order valence-electron chi connectivity index (χ1n) is 13.0. The van der Waals surface area contributed by atoms with E-state index in [1.54, 1.807) is 12.1 Å². The zero-order valence-electron chi connectivity index (χ0n) is 21.6. The van der Waals surface area contributed by atoms with Crippen molar-refractivity contribution < 1.29 is 29.6 Å². The van der Waals surface area contributed by atoms with Crippen LogP contribution in [0.2, 0.25) is 0 Å². The number of Topliss-reactive ketones (excluding diaryl/α,β-unsaturated/α-hetero) is 1. The molecule has 12 heteroatoms. The number of carbonyl (C=O) groups is 2. The first-order valence-corrected chi connectivity index (χ1v) is 13.0. The monoisotopic (exact) mass is 546 g/mol. The standard InChI is InChI=1S/C28H30N6O6/c35-14-21-24(38)25(39)28(40-21)34-16-33-23-26(31-15-32-27(23)34)30-13-12-29-22(37)11-10-20(36)19-8-6-18(7-9-19)17-4-2-1-3-5-17/h1-9,15-16,21,24-25,28,35,38-39H,10-14H2,(H,29,37)(H,30,31,32)/t21-,24-,25-,28-/m1/s1. The Labute approximate surface area is 229 Å². The summed E-state index contributed by atoms with van der Waals surface area (Å²) in [6, 6.07) is 17.3. The van der Waals surface area contributed by atoms with Crippen LogP contribution >= 0.6 is 0 Å². The normalized spacial score (nSPS) is 20.5. The fraction of sp³-hybridized carbons (Fsp3) is 0.321. The van der Waals surface area contributed by atoms with Crippen LogP contribution in [0.5, 0.6) is 0 Å². The topological polar surface area (TPSA) is 172 Å². The van der Waals surface area contributed by atoms with Gasteiger partial charge in [-0.2, -0.15) is 0 Å². The van der Waals surface area contributed by atoms with E-state index in [0.717, 1.165) is 11.1 Å². The van der Waals surface area contributed by atoms with E-state index in [9.17, 15) is 24.9 Å². The van der Waals surface area contributed by atoms with E-state index < -0.39 is 31.1 Å². The molecule has 12 nitrogen and oxygen atoms in total. The third kappa shape index (κ3) is 5.84. The van der Waals surface area contributed by atoms with Crippen LogP contribution in [-0.4, -0.2) is 84.5 Å². The van der Waals surface area contributed by atoms with Gasteiger partial charge in [0.25, 0.3) is 0 Å². The zero-order valence-corrected chi connectivity index (χ0v) is 21.6. The molecule has 1 aliphatic heterocycles. The fourth-order valence-corrected chi connectivity index (χ4v) is 4.60. The Kier molecular flexibility index (Phi) is 8.41. The third-order valence-electron chi connectivity index (χ3n) is 6.78. The molecule has 0 aliphatic carbocycles. The average Bonchev–Trinajstić information content (AvgIpc) is 3.55. The third-order valence-corrected chi connectivity index (χ3v) is 6.78. The molecule has 1 amide bonds. The van der Waals surface area contributed by atoms with Gasteiger partial charge in [0.2, 0.25) is 5.91 Å². The summed E-state index contributed by atoms with van der Waals surface area (Å²) in [5.74, 6) is 0.0810. The second kappa shape index (κ2) is 12.3. The van der Waals surface area contributed by atoms with Gasteiger partial charge in [0.15, 0.2) is 29.0 Å². The molecule has 4 aromatic rings. The maximum absolute atomic E-state index is 12.5. The maximum atomic E-state index is 12.5. The number of fused-ring (bicyclic) bond motifs is 1. The molecular formula is C28H30N6O6. The summed E-state index contributed by atoms with van der Waals surface area (Å²) >= 11 is 0. The summed E-state index contributed by atoms with van der Waals surface area (Å²) in [5, 5.41) is 35.6. The number of aliphatic hydroxyl groups is 3. The summed E-state index contributed by atoms with van der Waals surface area (Å²) in [7, 11) is 0. The molecule has 1 aliphatic rings. The molecule has 40 heavy (non-hydrogen) atoms. The predicted molar refractivity (Wildman–Crippen MR) is 145 cm³/mol. The average molecular weight is 547 g/mol. The Morgan fingerprint density at radius 1 is 0.900 bits per heavy atom. The van der Waals surface area contributed by atoms with Gasteiger partial charge in [-0.1, -0.05) is 54.6 Å². The molecule has 0 saturated carbocycles. The van der Waals surface area contributed by atoms with E-state index in [1.807, 2.05) is 42.5 Å². The van der Waals surface area contributed by atoms with Crippen LogP contribution in [0.25, 0.3) is 22.3 Å². The largest absolute Gasteiger partial charge is 0.394 e. The molecule has 0 bridgehead atoms. The summed E-state index contributed by atoms with van der Waals surface area (Å²) in [6.07, 6.45) is -1.48. The zero-order chi connectivity index (χ0) is 28.1. The first kappa shape index (κ1) is 27.3. The van der Waals surface area contributed by atoms with Crippen LogP contribution in [0.1, 0.15) is 29.4 Å². The minimum absolute atomic E-state index is 0.0752. The molecule has 5 rings (SSSR count). The Hall–Kier alpha value is -4.23. The van der Waals surface area contributed by atoms with E-state index in [2.05, 4.69) is 25.6 Å². The van der Waals surface area contributed by atoms with Crippen LogP contribution in [-0.2, 0) is 9.53 Å². The fourth-order valence-electron chi connectivity index (χ4n) is 4.60. The second-order valence-corrected chi connectivity index (χ2v) is 9.42. The Morgan fingerprint density at radius 2 is 1.65 bits per heavy atom. The molecule has 3 heterocycles. The molecule has 5 N–H and O–H groups in total. The van der Waals surface area contributed by atoms with Gasteiger partial charge in [-0.15, -0.1) is 0 Å². The number of ether oxygens (including phenoxy) is 1. The number of nitrogens with one attached hydrogen (secondary N) is 2. The first-order chi connectivity index (χ1) is 19.5. The van der Waals surface area contributed by atoms with Crippen molar-refractivity contribution in [2.45, 2.75) is 37.4 Å². The summed E-state index contributed by atoms with van der Waals surface area (Å²) < 4.78 is 7.04. The minimum atomic E-state index is -1.27. The number of benzene rings is 2. The summed E-state index contributed by atoms with van der Waals surface area (Å²) in [6.45, 7) is 0.193. The SMILES string of the molecule is O=C(CCC(=O)c1ccc(-c2ccccc2)cc1)NCCNc1ncnc2c1ncn2[C@@H]1O[C@H](CO)[C@@H](O)[C@H]1O. The number of aliphatic hydroxyl groups excluding tert-OH is 3. The van der Waals surface area contributed by atoms with Gasteiger partial charge in [0, 0.05) is 31.5 Å². The van der Waals surface area contributed by atoms with Crippen LogP contribution in [0.3, 0.4) is 0 Å². The minimum Gasteiger partial charge on any atom is -0.394 e. The number of ketones is 1. The van der Waals surface area contributed by atoms with Gasteiger partial charge in [-0.05, 0) is 11.1 Å². The number of hydrogen-bond donors (Lipinski definition) is 5. The quantitative estimate of drug-likeness (QED) is 0.136. The molecule has 1 saturated heterocycles. The van der Waals surface area contributed by atoms with E-state index >= 15 is 0 Å². The van der Waals surface area contributed by atoms with Crippen molar-refractivity contribution >= 4 is 28.7 Å². The number of nitrogens with zero attached hydrogens (tertiary/aromatic N) is 4. The Morgan fingerprint density at radius 3 is 2.38 bits per heavy atom. The van der Waals surface area contributed by atoms with E-state index in [0.29, 0.717) is 35.6 Å². The van der Waals surface area contributed by atoms with Crippen LogP contribution in [0.15, 0.2) is 67.3 Å². The lowest BCUT2D eigenvalue weighted by atomic mass is 10.0. The highest BCUT2D eigenvalue weighted by molar-refractivity contribution is 5.98. The van der Waals surface area contributed by atoms with Crippen molar-refractivity contribution in [1.29, 1.82) is 0 Å². The van der Waals surface area contributed by atoms with Crippen molar-refractivity contribution in [1.82, 2.24) is 24.8 Å². The van der Waals surface area contributed by atoms with Gasteiger partial charge in [0.05, 0.1) is 12.9 Å². The van der Waals surface area contributed by atoms with Gasteiger partial charge < -0.3 is 30.7 Å². The molecule has 0 radical (unpaired) electrons. The second-order valence-electron chi connectivity index (χ2n) is 9.42. The number of amides is 1. The predicted octanol–water partition coefficient (Wildman–Crippen LogP) is 1.30. The number of rotatable bonds is 11. The van der Waals surface area contributed by atoms with E-state index in [1.165, 1.54) is 17.2 Å². The van der Waals surface area contributed by atoms with Gasteiger partial charge in [0.1, 0.15) is 24.6 Å². The van der Waals surface area contributed by atoms with Crippen molar-refractivity contribution in [2.75, 3.05) is 25.0 Å². The lowest BCUT2D eigenvalue weighted by molar-refractivity contribution is -0.120. The number of aromatic nitrogens is 4. The number of imidazole rings is 1. The Balaban J connectivity index is 1.09. The molecule has 0 spiro atoms. The van der Waals surface area contributed by atoms with Crippen LogP contribution in [0, 0.1) is 0 Å². The van der Waals surface area contributed by atoms with Crippen molar-refractivity contribution in [2.24, 2.45) is 0 Å². The highest BCUT2D eigenvalue weighted by Gasteiger charge is 2.44. The van der Waals surface area contributed by atoms with Gasteiger partial charge >= 0.3 is 0 Å².